The van der Waals surface area contributed by atoms with Gasteiger partial charge in [0.25, 0.3) is 0 Å². The van der Waals surface area contributed by atoms with E-state index in [9.17, 15) is 0 Å². The van der Waals surface area contributed by atoms with Crippen LogP contribution in [0.15, 0.2) is 42.5 Å². The van der Waals surface area contributed by atoms with Gasteiger partial charge < -0.3 is 20.1 Å². The predicted octanol–water partition coefficient (Wildman–Crippen LogP) is 4.97. The first-order valence-corrected chi connectivity index (χ1v) is 14.3. The van der Waals surface area contributed by atoms with Crippen molar-refractivity contribution in [1.29, 1.82) is 0 Å². The Morgan fingerprint density at radius 2 is 1.77 bits per heavy atom. The number of hydrogen-bond donors (Lipinski definition) is 1. The molecule has 2 aromatic heterocycles. The Morgan fingerprint density at radius 3 is 2.64 bits per heavy atom. The van der Waals surface area contributed by atoms with Crippen LogP contribution in [-0.2, 0) is 4.74 Å². The average molecular weight is 525 g/mol. The van der Waals surface area contributed by atoms with Crippen molar-refractivity contribution in [2.75, 3.05) is 56.6 Å². The minimum atomic E-state index is 0.135. The number of nitrogen functional groups attached to an aromatic ring is 1. The third-order valence-corrected chi connectivity index (χ3v) is 8.90. The average Bonchev–Trinajstić information content (AvgIpc) is 3.41. The Kier molecular flexibility index (Phi) is 6.24. The largest absolute Gasteiger partial charge is 0.461 e. The number of nitrogens with two attached hydrogens (primary N) is 1. The van der Waals surface area contributed by atoms with E-state index in [-0.39, 0.29) is 5.54 Å². The molecule has 0 unspecified atom stereocenters. The van der Waals surface area contributed by atoms with Crippen molar-refractivity contribution in [2.24, 2.45) is 0 Å². The Balaban J connectivity index is 1.35. The first kappa shape index (κ1) is 24.5. The fourth-order valence-corrected chi connectivity index (χ4v) is 6.90. The summed E-state index contributed by atoms with van der Waals surface area (Å²) in [6.45, 7) is 8.26. The van der Waals surface area contributed by atoms with E-state index in [4.69, 9.17) is 30.2 Å². The summed E-state index contributed by atoms with van der Waals surface area (Å²) < 4.78 is 12.3. The maximum atomic E-state index is 6.50. The normalized spacial score (nSPS) is 19.5. The molecule has 2 aromatic carbocycles. The highest BCUT2D eigenvalue weighted by atomic mass is 16.5. The van der Waals surface area contributed by atoms with Gasteiger partial charge in [0.05, 0.1) is 23.4 Å². The lowest BCUT2D eigenvalue weighted by Gasteiger charge is -2.31. The summed E-state index contributed by atoms with van der Waals surface area (Å²) >= 11 is 0. The fraction of sp³-hybridized carbons (Fsp3) is 0.452. The second-order valence-corrected chi connectivity index (χ2v) is 11.2. The first-order chi connectivity index (χ1) is 19.1. The minimum absolute atomic E-state index is 0.135. The first-order valence-electron chi connectivity index (χ1n) is 14.3. The molecule has 3 aliphatic heterocycles. The molecule has 0 radical (unpaired) electrons. The van der Waals surface area contributed by atoms with Crippen molar-refractivity contribution in [3.8, 4) is 17.3 Å². The molecular formula is C31H36N6O2. The number of rotatable bonds is 5. The molecule has 0 saturated carbocycles. The van der Waals surface area contributed by atoms with Crippen LogP contribution in [0.2, 0.25) is 0 Å². The van der Waals surface area contributed by atoms with E-state index in [2.05, 4.69) is 41.0 Å². The van der Waals surface area contributed by atoms with Crippen molar-refractivity contribution in [3.63, 3.8) is 0 Å². The number of aromatic nitrogens is 3. The molecule has 0 bridgehead atoms. The van der Waals surface area contributed by atoms with Gasteiger partial charge in [0.15, 0.2) is 0 Å². The van der Waals surface area contributed by atoms with Crippen LogP contribution in [0.5, 0.6) is 6.01 Å². The number of nitrogens with zero attached hydrogens (tertiary/aromatic N) is 5. The van der Waals surface area contributed by atoms with Crippen LogP contribution in [0.3, 0.4) is 0 Å². The highest BCUT2D eigenvalue weighted by Gasteiger charge is 2.45. The van der Waals surface area contributed by atoms with Gasteiger partial charge in [-0.2, -0.15) is 9.97 Å². The van der Waals surface area contributed by atoms with E-state index in [1.807, 2.05) is 18.2 Å². The highest BCUT2D eigenvalue weighted by molar-refractivity contribution is 6.01. The molecule has 3 aliphatic rings. The molecule has 7 rings (SSSR count). The predicted molar refractivity (Wildman–Crippen MR) is 155 cm³/mol. The number of benzene rings is 2. The van der Waals surface area contributed by atoms with Gasteiger partial charge in [-0.05, 0) is 75.2 Å². The summed E-state index contributed by atoms with van der Waals surface area (Å²) in [5.74, 6) is 1.44. The Bertz CT molecular complexity index is 1520. The number of ether oxygens (including phenoxy) is 2. The van der Waals surface area contributed by atoms with Crippen molar-refractivity contribution in [2.45, 2.75) is 44.6 Å². The second-order valence-electron chi connectivity index (χ2n) is 11.2. The van der Waals surface area contributed by atoms with Gasteiger partial charge in [0, 0.05) is 36.0 Å². The monoisotopic (exact) mass is 524 g/mol. The third-order valence-electron chi connectivity index (χ3n) is 8.90. The van der Waals surface area contributed by atoms with Crippen LogP contribution in [-0.4, -0.2) is 71.4 Å². The number of aryl methyl sites for hydroxylation is 1. The zero-order valence-corrected chi connectivity index (χ0v) is 22.7. The Labute approximate surface area is 229 Å². The SMILES string of the molecule is Cc1c(-c2nc(N)cc3ccccc23)ccc2c(N3CCCOCC3)nc(OCC34CCCN3CCC4)nc12. The number of hydrogen-bond acceptors (Lipinski definition) is 8. The number of fused-ring (bicyclic) bond motifs is 3. The number of anilines is 2. The highest BCUT2D eigenvalue weighted by Crippen LogP contribution is 2.40. The molecule has 0 aliphatic carbocycles. The van der Waals surface area contributed by atoms with Gasteiger partial charge in [-0.15, -0.1) is 0 Å². The van der Waals surface area contributed by atoms with Crippen molar-refractivity contribution in [3.05, 3.63) is 48.0 Å². The molecule has 0 spiro atoms. The lowest BCUT2D eigenvalue weighted by Crippen LogP contribution is -2.43. The summed E-state index contributed by atoms with van der Waals surface area (Å²) in [6, 6.07) is 14.9. The standard InChI is InChI=1S/C31H36N6O2/c1-21-23(28-24-8-3-2-7-22(24)19-26(32)33-28)9-10-25-27(21)34-30(35-29(25)36-13-6-17-38-18-16-36)39-20-31-11-4-14-37(31)15-5-12-31/h2-3,7-10,19H,4-6,11-18,20H2,1H3,(H2,32,33). The van der Waals surface area contributed by atoms with E-state index in [0.717, 1.165) is 70.4 Å². The summed E-state index contributed by atoms with van der Waals surface area (Å²) in [7, 11) is 0. The zero-order valence-electron chi connectivity index (χ0n) is 22.7. The molecular weight excluding hydrogens is 488 g/mol. The summed E-state index contributed by atoms with van der Waals surface area (Å²) in [5, 5.41) is 3.18. The maximum Gasteiger partial charge on any atom is 0.319 e. The summed E-state index contributed by atoms with van der Waals surface area (Å²) in [6.07, 6.45) is 5.83. The fourth-order valence-electron chi connectivity index (χ4n) is 6.90. The van der Waals surface area contributed by atoms with Crippen LogP contribution >= 0.6 is 0 Å². The molecule has 8 heteroatoms. The maximum absolute atomic E-state index is 6.50. The van der Waals surface area contributed by atoms with Crippen LogP contribution in [0.1, 0.15) is 37.7 Å². The van der Waals surface area contributed by atoms with Gasteiger partial charge in [-0.25, -0.2) is 4.98 Å². The van der Waals surface area contributed by atoms with Crippen LogP contribution in [0, 0.1) is 6.92 Å². The Morgan fingerprint density at radius 1 is 0.923 bits per heavy atom. The van der Waals surface area contributed by atoms with Gasteiger partial charge in [-0.1, -0.05) is 30.3 Å². The summed E-state index contributed by atoms with van der Waals surface area (Å²) in [4.78, 5) is 19.8. The molecule has 39 heavy (non-hydrogen) atoms. The van der Waals surface area contributed by atoms with Crippen LogP contribution in [0.4, 0.5) is 11.6 Å². The molecule has 2 N–H and O–H groups in total. The molecule has 3 fully saturated rings. The third kappa shape index (κ3) is 4.36. The van der Waals surface area contributed by atoms with Crippen LogP contribution in [0.25, 0.3) is 32.9 Å². The zero-order chi connectivity index (χ0) is 26.4. The van der Waals surface area contributed by atoms with Crippen LogP contribution < -0.4 is 15.4 Å². The van der Waals surface area contributed by atoms with Gasteiger partial charge in [0.1, 0.15) is 18.2 Å². The van der Waals surface area contributed by atoms with Crippen molar-refractivity contribution >= 4 is 33.3 Å². The second kappa shape index (κ2) is 9.92. The van der Waals surface area contributed by atoms with E-state index in [1.54, 1.807) is 0 Å². The molecule has 4 aromatic rings. The van der Waals surface area contributed by atoms with Gasteiger partial charge in [-0.3, -0.25) is 4.90 Å². The van der Waals surface area contributed by atoms with E-state index in [1.165, 1.54) is 38.8 Å². The lowest BCUT2D eigenvalue weighted by atomic mass is 9.95. The van der Waals surface area contributed by atoms with E-state index >= 15 is 0 Å². The van der Waals surface area contributed by atoms with Crippen molar-refractivity contribution < 1.29 is 9.47 Å². The molecule has 0 atom stereocenters. The topological polar surface area (TPSA) is 89.6 Å². The molecule has 0 amide bonds. The smallest absolute Gasteiger partial charge is 0.319 e. The molecule has 202 valence electrons. The lowest BCUT2D eigenvalue weighted by molar-refractivity contribution is 0.108. The van der Waals surface area contributed by atoms with Crippen molar-refractivity contribution in [1.82, 2.24) is 19.9 Å². The minimum Gasteiger partial charge on any atom is -0.461 e. The quantitative estimate of drug-likeness (QED) is 0.392. The number of pyridine rings is 1. The van der Waals surface area contributed by atoms with E-state index < -0.39 is 0 Å². The van der Waals surface area contributed by atoms with Gasteiger partial charge >= 0.3 is 6.01 Å². The molecule has 8 nitrogen and oxygen atoms in total. The molecule has 3 saturated heterocycles. The summed E-state index contributed by atoms with van der Waals surface area (Å²) in [5.41, 5.74) is 10.2. The molecule has 5 heterocycles. The van der Waals surface area contributed by atoms with E-state index in [0.29, 0.717) is 25.0 Å². The van der Waals surface area contributed by atoms with Gasteiger partial charge in [0.2, 0.25) is 0 Å². The Hall–Kier alpha value is -3.49.